The van der Waals surface area contributed by atoms with E-state index >= 15 is 0 Å². The third-order valence-electron chi connectivity index (χ3n) is 5.50. The number of benzene rings is 2. The lowest BCUT2D eigenvalue weighted by atomic mass is 9.83. The fraction of sp³-hybridized carbons (Fsp3) is 0.136. The number of hydrogen-bond acceptors (Lipinski definition) is 6. The fourth-order valence-corrected chi connectivity index (χ4v) is 5.28. The van der Waals surface area contributed by atoms with Gasteiger partial charge >= 0.3 is 5.63 Å². The molecule has 0 saturated carbocycles. The molecule has 0 spiro atoms. The molecule has 0 bridgehead atoms. The van der Waals surface area contributed by atoms with Gasteiger partial charge in [-0.1, -0.05) is 42.5 Å². The summed E-state index contributed by atoms with van der Waals surface area (Å²) in [5.74, 6) is 1.79. The smallest absolute Gasteiger partial charge is 0.342 e. The molecule has 0 aliphatic carbocycles. The molecule has 1 unspecified atom stereocenters. The first-order chi connectivity index (χ1) is 14.2. The number of aryl methyl sites for hydroxylation is 1. The Kier molecular flexibility index (Phi) is 3.49. The van der Waals surface area contributed by atoms with Gasteiger partial charge < -0.3 is 9.73 Å². The van der Waals surface area contributed by atoms with E-state index in [4.69, 9.17) is 4.42 Å². The van der Waals surface area contributed by atoms with Crippen LogP contribution < -0.4 is 16.5 Å². The number of aromatic nitrogens is 2. The topological polar surface area (TPSA) is 77.1 Å². The van der Waals surface area contributed by atoms with E-state index in [0.29, 0.717) is 28.2 Å². The van der Waals surface area contributed by atoms with Gasteiger partial charge in [-0.15, -0.1) is 0 Å². The van der Waals surface area contributed by atoms with Gasteiger partial charge in [-0.05, 0) is 29.6 Å². The van der Waals surface area contributed by atoms with Crippen molar-refractivity contribution in [3.63, 3.8) is 0 Å². The highest BCUT2D eigenvalue weighted by atomic mass is 32.2. The Morgan fingerprint density at radius 3 is 2.69 bits per heavy atom. The number of rotatable bonds is 1. The van der Waals surface area contributed by atoms with Gasteiger partial charge in [0, 0.05) is 17.6 Å². The van der Waals surface area contributed by atoms with E-state index in [1.54, 1.807) is 18.0 Å². The Morgan fingerprint density at radius 2 is 1.83 bits per heavy atom. The minimum Gasteiger partial charge on any atom is -0.422 e. The summed E-state index contributed by atoms with van der Waals surface area (Å²) >= 11 is 1.62. The highest BCUT2D eigenvalue weighted by Gasteiger charge is 2.37. The predicted molar refractivity (Wildman–Crippen MR) is 113 cm³/mol. The van der Waals surface area contributed by atoms with Crippen molar-refractivity contribution in [3.05, 3.63) is 97.9 Å². The SMILES string of the molecule is O=c1nc2n(c3c1C(c1ccccc1)c1c(c4ccccc4oc1=O)N3)SCC2. The Hall–Kier alpha value is -3.32. The second-order valence-corrected chi connectivity index (χ2v) is 8.15. The van der Waals surface area contributed by atoms with Gasteiger partial charge in [0.05, 0.1) is 22.7 Å². The zero-order chi connectivity index (χ0) is 19.5. The highest BCUT2D eigenvalue weighted by molar-refractivity contribution is 7.98. The van der Waals surface area contributed by atoms with Crippen LogP contribution in [0.3, 0.4) is 0 Å². The first-order valence-corrected chi connectivity index (χ1v) is 10.3. The van der Waals surface area contributed by atoms with Crippen LogP contribution in [0.1, 0.15) is 28.4 Å². The van der Waals surface area contributed by atoms with Crippen LogP contribution in [0.2, 0.25) is 0 Å². The van der Waals surface area contributed by atoms with Gasteiger partial charge in [0.15, 0.2) is 0 Å². The van der Waals surface area contributed by atoms with E-state index in [9.17, 15) is 9.59 Å². The minimum atomic E-state index is -0.540. The lowest BCUT2D eigenvalue weighted by Gasteiger charge is -2.29. The average Bonchev–Trinajstić information content (AvgIpc) is 3.22. The van der Waals surface area contributed by atoms with Gasteiger partial charge in [0.1, 0.15) is 17.2 Å². The summed E-state index contributed by atoms with van der Waals surface area (Å²) in [7, 11) is 0. The summed E-state index contributed by atoms with van der Waals surface area (Å²) in [6.07, 6.45) is 0.745. The minimum absolute atomic E-state index is 0.298. The third-order valence-corrected chi connectivity index (χ3v) is 6.54. The van der Waals surface area contributed by atoms with Crippen LogP contribution in [0, 0.1) is 0 Å². The molecule has 142 valence electrons. The average molecular weight is 401 g/mol. The summed E-state index contributed by atoms with van der Waals surface area (Å²) in [5, 5.41) is 4.22. The van der Waals surface area contributed by atoms with Crippen LogP contribution in [-0.4, -0.2) is 14.7 Å². The summed E-state index contributed by atoms with van der Waals surface area (Å²) in [5.41, 5.74) is 2.28. The molecule has 2 aliphatic rings. The van der Waals surface area contributed by atoms with Crippen molar-refractivity contribution in [2.75, 3.05) is 11.1 Å². The highest BCUT2D eigenvalue weighted by Crippen LogP contribution is 2.45. The molecule has 0 radical (unpaired) electrons. The molecule has 0 amide bonds. The van der Waals surface area contributed by atoms with Gasteiger partial charge in [-0.2, -0.15) is 4.98 Å². The normalized spacial score (nSPS) is 16.8. The van der Waals surface area contributed by atoms with Crippen molar-refractivity contribution in [3.8, 4) is 0 Å². The van der Waals surface area contributed by atoms with Crippen molar-refractivity contribution < 1.29 is 4.42 Å². The van der Waals surface area contributed by atoms with Crippen molar-refractivity contribution in [1.82, 2.24) is 8.96 Å². The summed E-state index contributed by atoms with van der Waals surface area (Å²) in [4.78, 5) is 30.5. The van der Waals surface area contributed by atoms with Gasteiger partial charge in [-0.25, -0.2) is 4.79 Å². The van der Waals surface area contributed by atoms with Crippen molar-refractivity contribution in [2.24, 2.45) is 0 Å². The maximum Gasteiger partial charge on any atom is 0.342 e. The number of nitrogens with one attached hydrogen (secondary N) is 1. The molecule has 2 aromatic carbocycles. The Labute approximate surface area is 169 Å². The second-order valence-electron chi connectivity index (χ2n) is 7.12. The summed E-state index contributed by atoms with van der Waals surface area (Å²) in [6.45, 7) is 0. The molecule has 2 aliphatic heterocycles. The maximum absolute atomic E-state index is 13.1. The molecule has 4 aromatic rings. The molecule has 4 heterocycles. The molecule has 0 saturated heterocycles. The van der Waals surface area contributed by atoms with E-state index in [1.165, 1.54) is 0 Å². The molecule has 1 N–H and O–H groups in total. The van der Waals surface area contributed by atoms with E-state index in [0.717, 1.165) is 28.9 Å². The Bertz CT molecular complexity index is 1410. The largest absolute Gasteiger partial charge is 0.422 e. The zero-order valence-electron chi connectivity index (χ0n) is 15.2. The van der Waals surface area contributed by atoms with Crippen LogP contribution in [0.25, 0.3) is 11.0 Å². The van der Waals surface area contributed by atoms with Crippen molar-refractivity contribution >= 4 is 34.4 Å². The molecular weight excluding hydrogens is 386 g/mol. The number of hydrogen-bond donors (Lipinski definition) is 1. The first-order valence-electron chi connectivity index (χ1n) is 9.39. The summed E-state index contributed by atoms with van der Waals surface area (Å²) < 4.78 is 7.63. The quantitative estimate of drug-likeness (QED) is 0.432. The monoisotopic (exact) mass is 401 g/mol. The fourth-order valence-electron chi connectivity index (χ4n) is 4.27. The molecule has 0 fully saturated rings. The number of fused-ring (bicyclic) bond motifs is 6. The Morgan fingerprint density at radius 1 is 1.03 bits per heavy atom. The van der Waals surface area contributed by atoms with Crippen LogP contribution in [0.15, 0.2) is 68.6 Å². The number of anilines is 2. The number of para-hydroxylation sites is 1. The molecule has 29 heavy (non-hydrogen) atoms. The molecular formula is C22H15N3O3S. The second kappa shape index (κ2) is 6.09. The van der Waals surface area contributed by atoms with E-state index in [2.05, 4.69) is 10.3 Å². The van der Waals surface area contributed by atoms with Gasteiger partial charge in [0.2, 0.25) is 0 Å². The van der Waals surface area contributed by atoms with Crippen LogP contribution >= 0.6 is 11.9 Å². The van der Waals surface area contributed by atoms with Gasteiger partial charge in [-0.3, -0.25) is 8.77 Å². The maximum atomic E-state index is 13.1. The predicted octanol–water partition coefficient (Wildman–Crippen LogP) is 3.64. The third kappa shape index (κ3) is 2.34. The lowest BCUT2D eigenvalue weighted by Crippen LogP contribution is -2.31. The molecule has 2 aromatic heterocycles. The summed E-state index contributed by atoms with van der Waals surface area (Å²) in [6, 6.07) is 17.1. The zero-order valence-corrected chi connectivity index (χ0v) is 16.0. The van der Waals surface area contributed by atoms with E-state index in [-0.39, 0.29) is 5.56 Å². The van der Waals surface area contributed by atoms with Crippen molar-refractivity contribution in [1.29, 1.82) is 0 Å². The molecule has 6 rings (SSSR count). The standard InChI is InChI=1S/C22H15N3O3S/c26-21-18-16(12-6-2-1-3-7-12)17-19(13-8-4-5-9-14(13)28-22(17)27)24-20(18)25-15(23-21)10-11-29-25/h1-9,16,24H,10-11H2. The molecule has 1 atom stereocenters. The van der Waals surface area contributed by atoms with Crippen LogP contribution in [0.5, 0.6) is 0 Å². The number of nitrogens with zero attached hydrogens (tertiary/aromatic N) is 2. The lowest BCUT2D eigenvalue weighted by molar-refractivity contribution is 0.548. The van der Waals surface area contributed by atoms with E-state index < -0.39 is 11.5 Å². The van der Waals surface area contributed by atoms with Crippen LogP contribution in [0.4, 0.5) is 11.5 Å². The Balaban J connectivity index is 1.77. The molecule has 6 nitrogen and oxygen atoms in total. The van der Waals surface area contributed by atoms with Crippen molar-refractivity contribution in [2.45, 2.75) is 12.3 Å². The van der Waals surface area contributed by atoms with Crippen LogP contribution in [-0.2, 0) is 6.42 Å². The molecule has 7 heteroatoms. The first kappa shape index (κ1) is 16.6. The van der Waals surface area contributed by atoms with E-state index in [1.807, 2.05) is 52.5 Å². The van der Waals surface area contributed by atoms with Gasteiger partial charge in [0.25, 0.3) is 5.56 Å².